The van der Waals surface area contributed by atoms with Crippen molar-refractivity contribution >= 4 is 23.3 Å². The van der Waals surface area contributed by atoms with Crippen molar-refractivity contribution in [2.24, 2.45) is 0 Å². The molecule has 0 amide bonds. The van der Waals surface area contributed by atoms with Crippen molar-refractivity contribution in [2.75, 3.05) is 11.9 Å². The van der Waals surface area contributed by atoms with E-state index in [1.165, 1.54) is 0 Å². The first-order chi connectivity index (χ1) is 14.2. The van der Waals surface area contributed by atoms with Gasteiger partial charge < -0.3 is 10.1 Å². The summed E-state index contributed by atoms with van der Waals surface area (Å²) in [4.78, 5) is 20.8. The average Bonchev–Trinajstić information content (AvgIpc) is 3.16. The Bertz CT molecular complexity index is 1240. The van der Waals surface area contributed by atoms with E-state index in [4.69, 9.17) is 4.74 Å². The molecule has 4 rings (SSSR count). The number of hydrogen-bond acceptors (Lipinski definition) is 7. The van der Waals surface area contributed by atoms with Gasteiger partial charge in [-0.05, 0) is 31.2 Å². The van der Waals surface area contributed by atoms with Crippen LogP contribution in [0.1, 0.15) is 22.8 Å². The van der Waals surface area contributed by atoms with Crippen LogP contribution in [0.2, 0.25) is 0 Å². The van der Waals surface area contributed by atoms with Crippen LogP contribution in [0.4, 0.5) is 11.6 Å². The molecule has 4 aromatic rings. The molecule has 0 aliphatic carbocycles. The minimum Gasteiger partial charge on any atom is -0.462 e. The molecule has 0 unspecified atom stereocenters. The average molecular weight is 384 g/mol. The van der Waals surface area contributed by atoms with Crippen LogP contribution < -0.4 is 5.32 Å². The lowest BCUT2D eigenvalue weighted by atomic mass is 10.1. The highest BCUT2D eigenvalue weighted by atomic mass is 16.5. The molecular weight excluding hydrogens is 368 g/mol. The molecule has 0 atom stereocenters. The molecule has 8 heteroatoms. The lowest BCUT2D eigenvalue weighted by molar-refractivity contribution is 0.0526. The van der Waals surface area contributed by atoms with Crippen molar-refractivity contribution < 1.29 is 9.53 Å². The van der Waals surface area contributed by atoms with Gasteiger partial charge in [0.05, 0.1) is 41.5 Å². The van der Waals surface area contributed by atoms with E-state index in [2.05, 4.69) is 26.5 Å². The number of carbonyl (C=O) groups is 1. The van der Waals surface area contributed by atoms with Gasteiger partial charge in [-0.2, -0.15) is 10.2 Å². The van der Waals surface area contributed by atoms with Crippen molar-refractivity contribution in [1.29, 1.82) is 5.26 Å². The number of nitriles is 1. The Hall–Kier alpha value is -4.25. The van der Waals surface area contributed by atoms with Gasteiger partial charge in [0, 0.05) is 5.56 Å². The third kappa shape index (κ3) is 3.75. The summed E-state index contributed by atoms with van der Waals surface area (Å²) in [7, 11) is 0. The van der Waals surface area contributed by atoms with Crippen molar-refractivity contribution in [3.05, 3.63) is 72.1 Å². The molecule has 0 bridgehead atoms. The summed E-state index contributed by atoms with van der Waals surface area (Å²) in [6, 6.07) is 16.3. The maximum Gasteiger partial charge on any atom is 0.338 e. The Labute approximate surface area is 166 Å². The number of esters is 1. The van der Waals surface area contributed by atoms with Crippen LogP contribution in [0.3, 0.4) is 0 Å². The van der Waals surface area contributed by atoms with Gasteiger partial charge in [-0.25, -0.2) is 9.31 Å². The lowest BCUT2D eigenvalue weighted by Crippen LogP contribution is -2.04. The maximum atomic E-state index is 12.0. The molecule has 2 aromatic heterocycles. The second-order valence-corrected chi connectivity index (χ2v) is 6.09. The number of aromatic nitrogens is 4. The van der Waals surface area contributed by atoms with Crippen molar-refractivity contribution in [2.45, 2.75) is 6.92 Å². The van der Waals surface area contributed by atoms with E-state index < -0.39 is 0 Å². The van der Waals surface area contributed by atoms with Crippen LogP contribution in [0.15, 0.2) is 60.9 Å². The monoisotopic (exact) mass is 384 g/mol. The standard InChI is InChI=1S/C21H16N6O2/c1-2-29-20(28)15-8-5-7-14(10-15)18-13-27-19(12-23-18)25-21(26-27)24-17-9-4-3-6-16(17)11-22/h3-10,12-13H,2H2,1H3,(H,24,26). The van der Waals surface area contributed by atoms with Gasteiger partial charge in [0.1, 0.15) is 6.07 Å². The molecule has 2 heterocycles. The second kappa shape index (κ2) is 7.78. The first kappa shape index (κ1) is 18.1. The maximum absolute atomic E-state index is 12.0. The molecule has 0 fully saturated rings. The summed E-state index contributed by atoms with van der Waals surface area (Å²) in [5.41, 5.74) is 3.53. The molecule has 8 nitrogen and oxygen atoms in total. The van der Waals surface area contributed by atoms with Crippen LogP contribution in [0.25, 0.3) is 16.9 Å². The number of fused-ring (bicyclic) bond motifs is 1. The number of hydrogen-bond donors (Lipinski definition) is 1. The third-order valence-electron chi connectivity index (χ3n) is 4.18. The number of carbonyl (C=O) groups excluding carboxylic acids is 1. The fraction of sp³-hybridized carbons (Fsp3) is 0.0952. The van der Waals surface area contributed by atoms with Crippen molar-refractivity contribution in [3.8, 4) is 17.3 Å². The molecular formula is C21H16N6O2. The fourth-order valence-electron chi connectivity index (χ4n) is 2.83. The van der Waals surface area contributed by atoms with Gasteiger partial charge in [0.25, 0.3) is 0 Å². The Kier molecular flexibility index (Phi) is 4.86. The third-order valence-corrected chi connectivity index (χ3v) is 4.18. The normalized spacial score (nSPS) is 10.5. The Morgan fingerprint density at radius 2 is 2.10 bits per heavy atom. The Morgan fingerprint density at radius 3 is 2.93 bits per heavy atom. The first-order valence-electron chi connectivity index (χ1n) is 8.94. The zero-order chi connectivity index (χ0) is 20.2. The summed E-state index contributed by atoms with van der Waals surface area (Å²) in [6.07, 6.45) is 3.33. The number of rotatable bonds is 5. The number of anilines is 2. The van der Waals surface area contributed by atoms with Crippen LogP contribution >= 0.6 is 0 Å². The molecule has 2 aromatic carbocycles. The molecule has 29 heavy (non-hydrogen) atoms. The summed E-state index contributed by atoms with van der Waals surface area (Å²) >= 11 is 0. The van der Waals surface area contributed by atoms with E-state index in [1.54, 1.807) is 60.2 Å². The smallest absolute Gasteiger partial charge is 0.338 e. The first-order valence-corrected chi connectivity index (χ1v) is 8.94. The van der Waals surface area contributed by atoms with E-state index >= 15 is 0 Å². The summed E-state index contributed by atoms with van der Waals surface area (Å²) in [5, 5.41) is 16.7. The highest BCUT2D eigenvalue weighted by molar-refractivity contribution is 5.90. The highest BCUT2D eigenvalue weighted by Crippen LogP contribution is 2.21. The summed E-state index contributed by atoms with van der Waals surface area (Å²) < 4.78 is 6.64. The molecule has 0 spiro atoms. The fourth-order valence-corrected chi connectivity index (χ4v) is 2.83. The van der Waals surface area contributed by atoms with Crippen molar-refractivity contribution in [1.82, 2.24) is 19.6 Å². The SMILES string of the molecule is CCOC(=O)c1cccc(-c2cn3nc(Nc4ccccc4C#N)nc3cn2)c1. The van der Waals surface area contributed by atoms with E-state index in [-0.39, 0.29) is 5.97 Å². The minimum absolute atomic E-state index is 0.316. The van der Waals surface area contributed by atoms with Crippen LogP contribution in [0, 0.1) is 11.3 Å². The van der Waals surface area contributed by atoms with Gasteiger partial charge >= 0.3 is 5.97 Å². The molecule has 1 N–H and O–H groups in total. The molecule has 0 radical (unpaired) electrons. The highest BCUT2D eigenvalue weighted by Gasteiger charge is 2.11. The van der Waals surface area contributed by atoms with Crippen LogP contribution in [-0.2, 0) is 4.74 Å². The van der Waals surface area contributed by atoms with Gasteiger partial charge in [-0.3, -0.25) is 4.98 Å². The number of nitrogens with zero attached hydrogens (tertiary/aromatic N) is 5. The molecule has 0 aliphatic heterocycles. The second-order valence-electron chi connectivity index (χ2n) is 6.09. The summed E-state index contributed by atoms with van der Waals surface area (Å²) in [5.74, 6) is -0.0225. The van der Waals surface area contributed by atoms with E-state index in [0.29, 0.717) is 40.7 Å². The van der Waals surface area contributed by atoms with E-state index in [9.17, 15) is 10.1 Å². The predicted octanol–water partition coefficient (Wildman–Crippen LogP) is 3.58. The molecule has 0 aliphatic rings. The van der Waals surface area contributed by atoms with Crippen LogP contribution in [-0.4, -0.2) is 32.2 Å². The largest absolute Gasteiger partial charge is 0.462 e. The molecule has 0 saturated heterocycles. The Morgan fingerprint density at radius 1 is 1.24 bits per heavy atom. The van der Waals surface area contributed by atoms with Gasteiger partial charge in [-0.15, -0.1) is 5.10 Å². The number of para-hydroxylation sites is 1. The van der Waals surface area contributed by atoms with E-state index in [0.717, 1.165) is 5.56 Å². The van der Waals surface area contributed by atoms with Gasteiger partial charge in [0.2, 0.25) is 5.95 Å². The quantitative estimate of drug-likeness (QED) is 0.524. The Balaban J connectivity index is 1.65. The molecule has 142 valence electrons. The van der Waals surface area contributed by atoms with E-state index in [1.807, 2.05) is 12.1 Å². The number of nitrogens with one attached hydrogen (secondary N) is 1. The number of ether oxygens (including phenoxy) is 1. The van der Waals surface area contributed by atoms with Crippen LogP contribution in [0.5, 0.6) is 0 Å². The minimum atomic E-state index is -0.376. The van der Waals surface area contributed by atoms with Crippen molar-refractivity contribution in [3.63, 3.8) is 0 Å². The summed E-state index contributed by atoms with van der Waals surface area (Å²) in [6.45, 7) is 2.08. The predicted molar refractivity (Wildman–Crippen MR) is 107 cm³/mol. The zero-order valence-electron chi connectivity index (χ0n) is 15.5. The lowest BCUT2D eigenvalue weighted by Gasteiger charge is -2.05. The topological polar surface area (TPSA) is 105 Å². The number of benzene rings is 2. The zero-order valence-corrected chi connectivity index (χ0v) is 15.5. The van der Waals surface area contributed by atoms with Gasteiger partial charge in [0.15, 0.2) is 5.65 Å². The van der Waals surface area contributed by atoms with Gasteiger partial charge in [-0.1, -0.05) is 24.3 Å². The molecule has 0 saturated carbocycles.